The van der Waals surface area contributed by atoms with Gasteiger partial charge in [-0.2, -0.15) is 0 Å². The van der Waals surface area contributed by atoms with Crippen LogP contribution in [0.25, 0.3) is 54.2 Å². The average molecular weight is 1840 g/mol. The van der Waals surface area contributed by atoms with E-state index in [1.165, 1.54) is 260 Å². The van der Waals surface area contributed by atoms with Crippen LogP contribution in [0, 0.1) is 126 Å². The van der Waals surface area contributed by atoms with Crippen molar-refractivity contribution in [3.63, 3.8) is 0 Å². The monoisotopic (exact) mass is 1840 g/mol. The number of fused-ring (bicyclic) bond motifs is 24. The molecule has 0 amide bonds. The normalized spacial score (nSPS) is 39.5. The quantitative estimate of drug-likeness (QED) is 0.115. The first-order valence-electron chi connectivity index (χ1n) is 56.6. The fourth-order valence-electron chi connectivity index (χ4n) is 37.5. The molecule has 8 aromatic carbocycles. The van der Waals surface area contributed by atoms with Gasteiger partial charge in [-0.15, -0.1) is 0 Å². The van der Waals surface area contributed by atoms with Gasteiger partial charge in [-0.1, -0.05) is 256 Å². The number of rotatable bonds is 8. The van der Waals surface area contributed by atoms with Crippen molar-refractivity contribution < 1.29 is 0 Å². The third-order valence-corrected chi connectivity index (χ3v) is 43.7. The number of hydrogen-bond donors (Lipinski definition) is 4. The second-order valence-electron chi connectivity index (χ2n) is 55.5. The van der Waals surface area contributed by atoms with Gasteiger partial charge in [-0.05, 0) is 515 Å². The van der Waals surface area contributed by atoms with Gasteiger partial charge in [0.25, 0.3) is 0 Å². The molecule has 0 spiro atoms. The van der Waals surface area contributed by atoms with Crippen LogP contribution in [-0.4, -0.2) is 46.3 Å². The molecule has 0 radical (unpaired) electrons. The molecule has 4 N–H and O–H groups in total. The van der Waals surface area contributed by atoms with Crippen LogP contribution in [0.3, 0.4) is 0 Å². The van der Waals surface area contributed by atoms with Crippen molar-refractivity contribution in [1.29, 1.82) is 0 Å². The Morgan fingerprint density at radius 3 is 0.964 bits per heavy atom. The fraction of sp³-hybridized carbons (Fsp3) is 0.639. The van der Waals surface area contributed by atoms with Crippen molar-refractivity contribution >= 4 is 54.2 Å². The van der Waals surface area contributed by atoms with Crippen LogP contribution in [0.15, 0.2) is 205 Å². The molecule has 736 valence electrons. The zero-order valence-corrected chi connectivity index (χ0v) is 88.6. The van der Waals surface area contributed by atoms with E-state index in [0.717, 1.165) is 107 Å². The van der Waals surface area contributed by atoms with Crippen LogP contribution in [0.4, 0.5) is 0 Å². The Kier molecular flexibility index (Phi) is 26.3. The number of benzene rings is 8. The van der Waals surface area contributed by atoms with E-state index in [2.05, 4.69) is 354 Å². The average Bonchev–Trinajstić information content (AvgIpc) is 1.63. The van der Waals surface area contributed by atoms with Gasteiger partial charge in [0, 0.05) is 46.3 Å². The molecule has 16 aliphatic carbocycles. The molecule has 16 aliphatic rings. The minimum absolute atomic E-state index is 0. The van der Waals surface area contributed by atoms with Crippen molar-refractivity contribution in [3.8, 4) is 0 Å². The van der Waals surface area contributed by atoms with E-state index in [4.69, 9.17) is 0 Å². The molecule has 0 saturated heterocycles. The molecule has 0 aromatic heterocycles. The summed E-state index contributed by atoms with van der Waals surface area (Å²) in [5.41, 5.74) is 17.6. The zero-order chi connectivity index (χ0) is 94.9. The summed E-state index contributed by atoms with van der Waals surface area (Å²) in [6.45, 7) is 49.2. The van der Waals surface area contributed by atoms with E-state index in [1.54, 1.807) is 33.4 Å². The summed E-state index contributed by atoms with van der Waals surface area (Å²) in [7, 11) is 0. The van der Waals surface area contributed by atoms with Gasteiger partial charge in [-0.3, -0.25) is 0 Å². The predicted octanol–water partition coefficient (Wildman–Crippen LogP) is 35.2. The maximum atomic E-state index is 3.96. The highest BCUT2D eigenvalue weighted by Gasteiger charge is 2.65. The topological polar surface area (TPSA) is 48.1 Å². The van der Waals surface area contributed by atoms with Crippen LogP contribution in [0.1, 0.15) is 385 Å². The molecule has 0 aliphatic heterocycles. The Morgan fingerprint density at radius 1 is 0.248 bits per heavy atom. The van der Waals surface area contributed by atoms with E-state index < -0.39 is 0 Å². The Labute approximate surface area is 833 Å². The second kappa shape index (κ2) is 36.7. The number of allylic oxidation sites excluding steroid dienone is 6. The lowest BCUT2D eigenvalue weighted by Gasteiger charge is -2.61. The maximum absolute atomic E-state index is 3.96. The van der Waals surface area contributed by atoms with E-state index in [1.807, 2.05) is 0 Å². The van der Waals surface area contributed by atoms with Gasteiger partial charge in [0.1, 0.15) is 0 Å². The van der Waals surface area contributed by atoms with Crippen molar-refractivity contribution in [2.75, 3.05) is 0 Å². The molecular formula is C133H184N4. The highest BCUT2D eigenvalue weighted by molar-refractivity contribution is 5.89. The van der Waals surface area contributed by atoms with Crippen LogP contribution in [0.2, 0.25) is 0 Å². The third kappa shape index (κ3) is 18.1. The molecule has 137 heavy (non-hydrogen) atoms. The SMILES string of the molecule is C.CC(C)(C)N[C@H]1CC[C@@]2(C)C(=CC[C@@H]3[C@@H]2CC[C@]2(C)C(c4ccc5ccccc5c4)=CC[C@@H]32)C1.CC(C)(C)N[C@H]1CC[C@@]2(C)C(=CC[C@H]3[C@@H]4CC[C@H](c5ccc6ccccc6c5)[C@@]4(C)CC[C@@H]32)C1.CC(C)(C)N[C@H]1CC[C@@]2(C)[C@@H](CC[C@@H]3[C@@H]2CC[C@]2(C)C(c4ccc5ccccc5c4)=CC[C@@H]32)C1.CC(C)(C)N[C@H]1CC[C@@]2(C)[C@@H](CC[C@@H]3[C@@H]2CC[C@]2(C)[C@@H](c4ccc5ccccc5c4)CC[C@@H]32)C1. The smallest absolute Gasteiger partial charge is 0.0110 e. The Morgan fingerprint density at radius 2 is 0.555 bits per heavy atom. The van der Waals surface area contributed by atoms with Crippen molar-refractivity contribution in [3.05, 3.63) is 228 Å². The minimum Gasteiger partial charge on any atom is -0.309 e. The van der Waals surface area contributed by atoms with E-state index >= 15 is 0 Å². The first-order valence-corrected chi connectivity index (χ1v) is 56.6. The number of hydrogen-bond acceptors (Lipinski definition) is 4. The third-order valence-electron chi connectivity index (χ3n) is 43.7. The van der Waals surface area contributed by atoms with Gasteiger partial charge in [-0.25, -0.2) is 0 Å². The van der Waals surface area contributed by atoms with Gasteiger partial charge in [0.15, 0.2) is 0 Å². The standard InChI is InChI=1S/C33H47N.2C33H45N.C33H43N.CH4/c4*1-31(2,3)34-26-16-18-32(4)25(21-26)12-13-27-29-15-14-28(33(29,5)19-17-30(27)32)24-11-10-22-8-6-7-9-23(22)20-24;/h6-11,20,25-30,34H,12-19,21H2,1-5H3;6-11,14,20,25-27,29-30,34H,12-13,15-19,21H2,1-5H3;6-12,20,26-30,34H,13-19,21H2,1-5H3;6-12,14,20,26-27,29-30,34H,13,15-19,21H2,1-5H3;1H4/t25-,26-,27-,28+,29-,30-,32-,33+;25-,26-,27-,29-,30-,32-,33+;26-,27-,28+,29-,30-,32-,33+;26-,27-,29-,30-,32-,33+;/m0000./s1. The van der Waals surface area contributed by atoms with Gasteiger partial charge >= 0.3 is 0 Å². The molecule has 12 saturated carbocycles. The maximum Gasteiger partial charge on any atom is 0.0110 e. The van der Waals surface area contributed by atoms with E-state index in [9.17, 15) is 0 Å². The molecule has 4 nitrogen and oxygen atoms in total. The summed E-state index contributed by atoms with van der Waals surface area (Å²) in [4.78, 5) is 0. The summed E-state index contributed by atoms with van der Waals surface area (Å²) in [6.07, 6.45) is 55.3. The molecular weight excluding hydrogens is 1650 g/mol. The summed E-state index contributed by atoms with van der Waals surface area (Å²) >= 11 is 0. The Hall–Kier alpha value is -6.40. The molecule has 0 heterocycles. The van der Waals surface area contributed by atoms with Crippen molar-refractivity contribution in [2.24, 2.45) is 126 Å². The van der Waals surface area contributed by atoms with Gasteiger partial charge in [0.2, 0.25) is 0 Å². The van der Waals surface area contributed by atoms with Crippen LogP contribution in [0.5, 0.6) is 0 Å². The van der Waals surface area contributed by atoms with Gasteiger partial charge < -0.3 is 21.3 Å². The molecule has 12 fully saturated rings. The van der Waals surface area contributed by atoms with E-state index in [0.29, 0.717) is 55.4 Å². The van der Waals surface area contributed by atoms with Crippen LogP contribution in [-0.2, 0) is 0 Å². The lowest BCUT2D eigenvalue weighted by molar-refractivity contribution is -0.110. The zero-order valence-electron chi connectivity index (χ0n) is 88.6. The highest BCUT2D eigenvalue weighted by atomic mass is 15.0. The number of nitrogens with one attached hydrogen (secondary N) is 4. The lowest BCUT2D eigenvalue weighted by atomic mass is 9.44. The highest BCUT2D eigenvalue weighted by Crippen LogP contribution is 2.74. The fourth-order valence-corrected chi connectivity index (χ4v) is 37.5. The summed E-state index contributed by atoms with van der Waals surface area (Å²) in [6, 6.07) is 67.3. The molecule has 4 heteroatoms. The Bertz CT molecular complexity index is 5720. The van der Waals surface area contributed by atoms with Crippen LogP contribution >= 0.6 is 0 Å². The first-order chi connectivity index (χ1) is 64.7. The van der Waals surface area contributed by atoms with E-state index in [-0.39, 0.29) is 29.6 Å². The second-order valence-corrected chi connectivity index (χ2v) is 55.5. The summed E-state index contributed by atoms with van der Waals surface area (Å²) in [5.74, 6) is 14.1. The largest absolute Gasteiger partial charge is 0.309 e. The predicted molar refractivity (Wildman–Crippen MR) is 588 cm³/mol. The first kappa shape index (κ1) is 98.0. The molecule has 0 unspecified atom stereocenters. The van der Waals surface area contributed by atoms with Crippen molar-refractivity contribution in [2.45, 2.75) is 410 Å². The molecule has 28 atom stereocenters. The van der Waals surface area contributed by atoms with Crippen molar-refractivity contribution in [1.82, 2.24) is 21.3 Å². The summed E-state index contributed by atoms with van der Waals surface area (Å²) < 4.78 is 0. The molecule has 0 bridgehead atoms. The lowest BCUT2D eigenvalue weighted by Crippen LogP contribution is -2.56. The van der Waals surface area contributed by atoms with Gasteiger partial charge in [0.05, 0.1) is 0 Å². The summed E-state index contributed by atoms with van der Waals surface area (Å²) in [5, 5.41) is 26.8. The molecule has 8 aromatic rings. The molecule has 24 rings (SSSR count). The van der Waals surface area contributed by atoms with Crippen LogP contribution < -0.4 is 21.3 Å². The minimum atomic E-state index is 0. The Balaban J connectivity index is 0.000000113.